The molecule has 0 saturated heterocycles. The first-order valence-electron chi connectivity index (χ1n) is 5.67. The smallest absolute Gasteiger partial charge is 0.0639 e. The van der Waals surface area contributed by atoms with Gasteiger partial charge in [0.1, 0.15) is 0 Å². The van der Waals surface area contributed by atoms with Gasteiger partial charge in [0.05, 0.1) is 6.54 Å². The first kappa shape index (κ1) is 12.5. The van der Waals surface area contributed by atoms with Crippen LogP contribution in [0.1, 0.15) is 25.8 Å². The monoisotopic (exact) mass is 216 g/mol. The van der Waals surface area contributed by atoms with Crippen molar-refractivity contribution in [1.82, 2.24) is 0 Å². The van der Waals surface area contributed by atoms with Crippen LogP contribution in [0.2, 0.25) is 0 Å². The molecule has 0 radical (unpaired) electrons. The van der Waals surface area contributed by atoms with E-state index in [0.29, 0.717) is 5.92 Å². The van der Waals surface area contributed by atoms with Crippen molar-refractivity contribution >= 4 is 6.21 Å². The maximum Gasteiger partial charge on any atom is 0.0639 e. The van der Waals surface area contributed by atoms with Gasteiger partial charge in [-0.2, -0.15) is 0 Å². The highest BCUT2D eigenvalue weighted by molar-refractivity contribution is 5.78. The lowest BCUT2D eigenvalue weighted by molar-refractivity contribution is 0.654. The molecule has 1 aromatic rings. The van der Waals surface area contributed by atoms with Crippen LogP contribution >= 0.6 is 0 Å². The maximum absolute atomic E-state index is 5.55. The third kappa shape index (κ3) is 4.78. The Morgan fingerprint density at radius 1 is 1.31 bits per heavy atom. The minimum absolute atomic E-state index is 0.609. The summed E-state index contributed by atoms with van der Waals surface area (Å²) in [5.41, 5.74) is 7.87. The number of allylic oxidation sites excluding steroid dienone is 1. The van der Waals surface area contributed by atoms with Gasteiger partial charge in [0, 0.05) is 6.21 Å². The highest BCUT2D eigenvalue weighted by Gasteiger charge is 1.97. The number of nitrogens with zero attached hydrogens (tertiary/aromatic N) is 1. The van der Waals surface area contributed by atoms with Gasteiger partial charge in [-0.1, -0.05) is 44.2 Å². The Kier molecular flexibility index (Phi) is 5.34. The van der Waals surface area contributed by atoms with Crippen LogP contribution < -0.4 is 5.73 Å². The van der Waals surface area contributed by atoms with Gasteiger partial charge < -0.3 is 5.73 Å². The Hall–Kier alpha value is -1.57. The summed E-state index contributed by atoms with van der Waals surface area (Å²) >= 11 is 0. The van der Waals surface area contributed by atoms with E-state index in [1.54, 1.807) is 6.20 Å². The molecular formula is C14H20N2. The third-order valence-electron chi connectivity index (χ3n) is 2.23. The Balaban J connectivity index is 2.47. The lowest BCUT2D eigenvalue weighted by atomic mass is 10.1. The van der Waals surface area contributed by atoms with Crippen LogP contribution in [0.3, 0.4) is 0 Å². The average molecular weight is 216 g/mol. The second-order valence-corrected chi connectivity index (χ2v) is 4.29. The van der Waals surface area contributed by atoms with E-state index >= 15 is 0 Å². The summed E-state index contributed by atoms with van der Waals surface area (Å²) in [4.78, 5) is 4.39. The summed E-state index contributed by atoms with van der Waals surface area (Å²) in [5.74, 6) is 0.609. The SMILES string of the molecule is CC(C)C/C(C=NCc1ccccc1)=C/N. The van der Waals surface area contributed by atoms with E-state index in [9.17, 15) is 0 Å². The molecule has 1 aromatic carbocycles. The molecule has 16 heavy (non-hydrogen) atoms. The molecule has 0 atom stereocenters. The molecule has 0 heterocycles. The molecule has 86 valence electrons. The van der Waals surface area contributed by atoms with Gasteiger partial charge in [-0.15, -0.1) is 0 Å². The summed E-state index contributed by atoms with van der Waals surface area (Å²) in [6, 6.07) is 10.2. The molecule has 0 unspecified atom stereocenters. The maximum atomic E-state index is 5.55. The summed E-state index contributed by atoms with van der Waals surface area (Å²) in [6.45, 7) is 5.07. The van der Waals surface area contributed by atoms with Crippen molar-refractivity contribution in [2.24, 2.45) is 16.6 Å². The number of hydrogen-bond acceptors (Lipinski definition) is 2. The van der Waals surface area contributed by atoms with E-state index in [2.05, 4.69) is 31.0 Å². The highest BCUT2D eigenvalue weighted by Crippen LogP contribution is 2.08. The number of hydrogen-bond donors (Lipinski definition) is 1. The fraction of sp³-hybridized carbons (Fsp3) is 0.357. The van der Waals surface area contributed by atoms with E-state index in [0.717, 1.165) is 18.5 Å². The Morgan fingerprint density at radius 2 is 2.00 bits per heavy atom. The molecule has 0 fully saturated rings. The van der Waals surface area contributed by atoms with Crippen molar-refractivity contribution < 1.29 is 0 Å². The molecule has 2 heteroatoms. The number of nitrogens with two attached hydrogens (primary N) is 1. The minimum Gasteiger partial charge on any atom is -0.404 e. The van der Waals surface area contributed by atoms with E-state index in [1.165, 1.54) is 5.56 Å². The zero-order valence-electron chi connectivity index (χ0n) is 10.1. The van der Waals surface area contributed by atoms with Crippen LogP contribution in [0.15, 0.2) is 47.1 Å². The van der Waals surface area contributed by atoms with Gasteiger partial charge >= 0.3 is 0 Å². The van der Waals surface area contributed by atoms with Gasteiger partial charge in [0.25, 0.3) is 0 Å². The van der Waals surface area contributed by atoms with E-state index < -0.39 is 0 Å². The van der Waals surface area contributed by atoms with Crippen molar-refractivity contribution in [2.45, 2.75) is 26.8 Å². The summed E-state index contributed by atoms with van der Waals surface area (Å²) in [5, 5.41) is 0. The molecule has 0 aliphatic heterocycles. The van der Waals surface area contributed by atoms with Crippen LogP contribution in [0.5, 0.6) is 0 Å². The molecule has 0 amide bonds. The van der Waals surface area contributed by atoms with Crippen LogP contribution in [0.4, 0.5) is 0 Å². The van der Waals surface area contributed by atoms with Crippen LogP contribution in [0, 0.1) is 5.92 Å². The zero-order chi connectivity index (χ0) is 11.8. The quantitative estimate of drug-likeness (QED) is 0.754. The standard InChI is InChI=1S/C14H20N2/c1-12(2)8-14(9-15)11-16-10-13-6-4-3-5-7-13/h3-7,9,11-12H,8,10,15H2,1-2H3/b14-9-,16-11?. The van der Waals surface area contributed by atoms with Gasteiger partial charge in [-0.05, 0) is 29.7 Å². The highest BCUT2D eigenvalue weighted by atomic mass is 14.7. The number of aliphatic imine (C=N–C) groups is 1. The Bertz CT molecular complexity index is 350. The van der Waals surface area contributed by atoms with Crippen molar-refractivity contribution in [3.8, 4) is 0 Å². The second kappa shape index (κ2) is 6.83. The van der Waals surface area contributed by atoms with Crippen LogP contribution in [0.25, 0.3) is 0 Å². The lowest BCUT2D eigenvalue weighted by Gasteiger charge is -2.03. The van der Waals surface area contributed by atoms with E-state index in [-0.39, 0.29) is 0 Å². The molecule has 0 aromatic heterocycles. The van der Waals surface area contributed by atoms with Gasteiger partial charge in [0.2, 0.25) is 0 Å². The molecule has 0 bridgehead atoms. The molecule has 0 saturated carbocycles. The predicted molar refractivity (Wildman–Crippen MR) is 70.4 cm³/mol. The molecule has 0 aliphatic carbocycles. The van der Waals surface area contributed by atoms with Crippen molar-refractivity contribution in [2.75, 3.05) is 0 Å². The van der Waals surface area contributed by atoms with Gasteiger partial charge in [-0.25, -0.2) is 0 Å². The van der Waals surface area contributed by atoms with Crippen molar-refractivity contribution in [3.05, 3.63) is 47.7 Å². The Morgan fingerprint density at radius 3 is 2.56 bits per heavy atom. The Labute approximate surface area is 97.9 Å². The normalized spacial score (nSPS) is 12.6. The number of rotatable bonds is 5. The first-order chi connectivity index (χ1) is 7.72. The fourth-order valence-corrected chi connectivity index (χ4v) is 1.49. The fourth-order valence-electron chi connectivity index (χ4n) is 1.49. The molecular weight excluding hydrogens is 196 g/mol. The lowest BCUT2D eigenvalue weighted by Crippen LogP contribution is -1.97. The summed E-state index contributed by atoms with van der Waals surface area (Å²) < 4.78 is 0. The van der Waals surface area contributed by atoms with E-state index in [1.807, 2.05) is 24.4 Å². The average Bonchev–Trinajstić information content (AvgIpc) is 2.28. The van der Waals surface area contributed by atoms with Crippen LogP contribution in [-0.2, 0) is 6.54 Å². The third-order valence-corrected chi connectivity index (χ3v) is 2.23. The minimum atomic E-state index is 0.609. The van der Waals surface area contributed by atoms with E-state index in [4.69, 9.17) is 5.73 Å². The van der Waals surface area contributed by atoms with Gasteiger partial charge in [-0.3, -0.25) is 4.99 Å². The molecule has 1 rings (SSSR count). The molecule has 0 aliphatic rings. The summed E-state index contributed by atoms with van der Waals surface area (Å²) in [6.07, 6.45) is 4.51. The largest absolute Gasteiger partial charge is 0.404 e. The predicted octanol–water partition coefficient (Wildman–Crippen LogP) is 3.15. The number of benzene rings is 1. The first-order valence-corrected chi connectivity index (χ1v) is 5.67. The van der Waals surface area contributed by atoms with Crippen LogP contribution in [-0.4, -0.2) is 6.21 Å². The molecule has 2 N–H and O–H groups in total. The topological polar surface area (TPSA) is 38.4 Å². The van der Waals surface area contributed by atoms with Crippen molar-refractivity contribution in [3.63, 3.8) is 0 Å². The second-order valence-electron chi connectivity index (χ2n) is 4.29. The molecule has 0 spiro atoms. The van der Waals surface area contributed by atoms with Gasteiger partial charge in [0.15, 0.2) is 0 Å². The zero-order valence-corrected chi connectivity index (χ0v) is 10.1. The molecule has 2 nitrogen and oxygen atoms in total. The summed E-state index contributed by atoms with van der Waals surface area (Å²) in [7, 11) is 0. The van der Waals surface area contributed by atoms with Crippen molar-refractivity contribution in [1.29, 1.82) is 0 Å².